The largest absolute Gasteiger partial charge is 0.466 e. The topological polar surface area (TPSA) is 112 Å². The molecule has 2 aliphatic rings. The molecule has 0 aliphatic carbocycles. The minimum absolute atomic E-state index is 0.00896. The number of carbonyl (C=O) groups excluding carboxylic acids is 4. The van der Waals surface area contributed by atoms with Gasteiger partial charge in [0.15, 0.2) is 0 Å². The van der Waals surface area contributed by atoms with Crippen molar-refractivity contribution in [3.63, 3.8) is 0 Å². The molecule has 0 N–H and O–H groups in total. The van der Waals surface area contributed by atoms with Crippen LogP contribution in [0.1, 0.15) is 27.7 Å². The van der Waals surface area contributed by atoms with E-state index in [1.54, 1.807) is 37.5 Å². The summed E-state index contributed by atoms with van der Waals surface area (Å²) in [6.45, 7) is 7.19. The summed E-state index contributed by atoms with van der Waals surface area (Å²) in [6.07, 6.45) is 0. The summed E-state index contributed by atoms with van der Waals surface area (Å²) in [5.41, 5.74) is 0.00440. The fourth-order valence-corrected chi connectivity index (χ4v) is 4.17. The van der Waals surface area contributed by atoms with E-state index >= 15 is 0 Å². The van der Waals surface area contributed by atoms with Gasteiger partial charge >= 0.3 is 23.9 Å². The Labute approximate surface area is 175 Å². The molecular weight excluding hydrogens is 396 g/mol. The van der Waals surface area contributed by atoms with Crippen LogP contribution in [0.4, 0.5) is 0 Å². The van der Waals surface area contributed by atoms with Crippen LogP contribution in [0.2, 0.25) is 0 Å². The molecule has 0 amide bonds. The quantitative estimate of drug-likeness (QED) is 0.438. The van der Waals surface area contributed by atoms with E-state index in [1.807, 2.05) is 0 Å². The van der Waals surface area contributed by atoms with E-state index in [2.05, 4.69) is 0 Å². The van der Waals surface area contributed by atoms with Crippen LogP contribution >= 0.6 is 0 Å². The van der Waals surface area contributed by atoms with Crippen molar-refractivity contribution < 1.29 is 38.1 Å². The van der Waals surface area contributed by atoms with Crippen LogP contribution in [0.3, 0.4) is 0 Å². The molecule has 0 aromatic carbocycles. The highest BCUT2D eigenvalue weighted by atomic mass is 16.5. The normalized spacial score (nSPS) is 20.7. The van der Waals surface area contributed by atoms with Gasteiger partial charge in [-0.3, -0.25) is 0 Å². The number of methoxy groups -OCH3 is 4. The minimum atomic E-state index is -0.850. The predicted octanol–water partition coefficient (Wildman–Crippen LogP) is 0.372. The fourth-order valence-electron chi connectivity index (χ4n) is 4.17. The molecule has 0 saturated heterocycles. The van der Waals surface area contributed by atoms with Gasteiger partial charge in [0.05, 0.1) is 51.7 Å². The molecule has 166 valence electrons. The van der Waals surface area contributed by atoms with E-state index in [1.165, 1.54) is 28.4 Å². The molecule has 0 radical (unpaired) electrons. The Kier molecular flexibility index (Phi) is 6.79. The summed E-state index contributed by atoms with van der Waals surface area (Å²) < 4.78 is 19.8. The zero-order chi connectivity index (χ0) is 22.9. The van der Waals surface area contributed by atoms with Crippen molar-refractivity contribution in [1.82, 2.24) is 9.80 Å². The molecule has 2 atom stereocenters. The Morgan fingerprint density at radius 3 is 1.07 bits per heavy atom. The van der Waals surface area contributed by atoms with Gasteiger partial charge in [0.25, 0.3) is 0 Å². The van der Waals surface area contributed by atoms with Gasteiger partial charge in [-0.25, -0.2) is 19.2 Å². The summed E-state index contributed by atoms with van der Waals surface area (Å²) in [5.74, 6) is -3.00. The standard InChI is InChI=1S/C20H28N2O8/c1-9(2)21-13-11(17(23)27-5)16(20(26)30-8)22(10(3)4)14(13)12(18(24)28-6)15(21)19(25)29-7/h9-10,13-14H,1-8H3/t13-,14-/m1/s1. The van der Waals surface area contributed by atoms with E-state index < -0.39 is 36.0 Å². The minimum Gasteiger partial charge on any atom is -0.466 e. The molecular formula is C20H28N2O8. The van der Waals surface area contributed by atoms with Crippen LogP contribution < -0.4 is 0 Å². The smallest absolute Gasteiger partial charge is 0.355 e. The second-order valence-corrected chi connectivity index (χ2v) is 7.38. The third-order valence-corrected chi connectivity index (χ3v) is 5.20. The van der Waals surface area contributed by atoms with Crippen LogP contribution in [0.5, 0.6) is 0 Å². The molecule has 0 fully saturated rings. The number of nitrogens with zero attached hydrogens (tertiary/aromatic N) is 2. The van der Waals surface area contributed by atoms with Gasteiger partial charge in [0.2, 0.25) is 0 Å². The summed E-state index contributed by atoms with van der Waals surface area (Å²) >= 11 is 0. The molecule has 0 spiro atoms. The highest BCUT2D eigenvalue weighted by Gasteiger charge is 2.60. The molecule has 2 heterocycles. The number of fused-ring (bicyclic) bond motifs is 1. The highest BCUT2D eigenvalue weighted by Crippen LogP contribution is 2.47. The third-order valence-electron chi connectivity index (χ3n) is 5.20. The molecule has 30 heavy (non-hydrogen) atoms. The Hall–Kier alpha value is -3.04. The fraction of sp³-hybridized carbons (Fsp3) is 0.600. The summed E-state index contributed by atoms with van der Waals surface area (Å²) in [5, 5.41) is 0. The zero-order valence-corrected chi connectivity index (χ0v) is 18.5. The first-order valence-corrected chi connectivity index (χ1v) is 9.47. The Bertz CT molecular complexity index is 759. The lowest BCUT2D eigenvalue weighted by atomic mass is 9.98. The van der Waals surface area contributed by atoms with Crippen molar-refractivity contribution in [2.45, 2.75) is 51.9 Å². The van der Waals surface area contributed by atoms with Gasteiger partial charge in [0, 0.05) is 12.1 Å². The Balaban J connectivity index is 2.93. The zero-order valence-electron chi connectivity index (χ0n) is 18.5. The average Bonchev–Trinajstić information content (AvgIpc) is 3.23. The molecule has 10 nitrogen and oxygen atoms in total. The van der Waals surface area contributed by atoms with E-state index in [4.69, 9.17) is 18.9 Å². The average molecular weight is 424 g/mol. The van der Waals surface area contributed by atoms with Crippen molar-refractivity contribution >= 4 is 23.9 Å². The van der Waals surface area contributed by atoms with Gasteiger partial charge in [-0.1, -0.05) is 0 Å². The summed E-state index contributed by atoms with van der Waals surface area (Å²) in [6, 6.07) is -2.37. The molecule has 0 aromatic rings. The SMILES string of the molecule is COC(=O)C1=C(C(=O)OC)N(C(C)C)[C@@H]2C(C(=O)OC)=C(C(=O)OC)N(C(C)C)[C@H]12. The van der Waals surface area contributed by atoms with E-state index in [-0.39, 0.29) is 34.6 Å². The number of esters is 4. The van der Waals surface area contributed by atoms with Crippen LogP contribution in [0.25, 0.3) is 0 Å². The molecule has 2 rings (SSSR count). The first-order chi connectivity index (χ1) is 14.1. The Morgan fingerprint density at radius 2 is 0.867 bits per heavy atom. The summed E-state index contributed by atoms with van der Waals surface area (Å²) in [7, 11) is 4.80. The van der Waals surface area contributed by atoms with Crippen LogP contribution in [0, 0.1) is 0 Å². The van der Waals surface area contributed by atoms with Crippen molar-refractivity contribution in [2.24, 2.45) is 0 Å². The van der Waals surface area contributed by atoms with E-state index in [9.17, 15) is 19.2 Å². The Morgan fingerprint density at radius 1 is 0.600 bits per heavy atom. The van der Waals surface area contributed by atoms with Crippen molar-refractivity contribution in [2.75, 3.05) is 28.4 Å². The van der Waals surface area contributed by atoms with Crippen LogP contribution in [-0.4, -0.2) is 86.3 Å². The van der Waals surface area contributed by atoms with Gasteiger partial charge in [-0.15, -0.1) is 0 Å². The number of rotatable bonds is 6. The van der Waals surface area contributed by atoms with E-state index in [0.717, 1.165) is 0 Å². The van der Waals surface area contributed by atoms with Crippen molar-refractivity contribution in [3.05, 3.63) is 22.5 Å². The van der Waals surface area contributed by atoms with Gasteiger partial charge < -0.3 is 28.7 Å². The molecule has 0 unspecified atom stereocenters. The lowest BCUT2D eigenvalue weighted by Gasteiger charge is -2.35. The maximum atomic E-state index is 12.8. The van der Waals surface area contributed by atoms with Crippen molar-refractivity contribution in [1.29, 1.82) is 0 Å². The maximum absolute atomic E-state index is 12.8. The van der Waals surface area contributed by atoms with Crippen LogP contribution in [0.15, 0.2) is 22.5 Å². The lowest BCUT2D eigenvalue weighted by molar-refractivity contribution is -0.141. The van der Waals surface area contributed by atoms with Gasteiger partial charge in [-0.2, -0.15) is 0 Å². The van der Waals surface area contributed by atoms with E-state index in [0.29, 0.717) is 0 Å². The third kappa shape index (κ3) is 3.40. The molecule has 10 heteroatoms. The number of hydrogen-bond donors (Lipinski definition) is 0. The van der Waals surface area contributed by atoms with Crippen LogP contribution in [-0.2, 0) is 38.1 Å². The number of carbonyl (C=O) groups is 4. The maximum Gasteiger partial charge on any atom is 0.355 e. The first-order valence-electron chi connectivity index (χ1n) is 9.47. The second kappa shape index (κ2) is 8.76. The number of ether oxygens (including phenoxy) is 4. The lowest BCUT2D eigenvalue weighted by Crippen LogP contribution is -2.48. The second-order valence-electron chi connectivity index (χ2n) is 7.38. The number of hydrogen-bond acceptors (Lipinski definition) is 10. The predicted molar refractivity (Wildman–Crippen MR) is 104 cm³/mol. The molecule has 0 bridgehead atoms. The van der Waals surface area contributed by atoms with Gasteiger partial charge in [0.1, 0.15) is 11.4 Å². The highest BCUT2D eigenvalue weighted by molar-refractivity contribution is 6.07. The monoisotopic (exact) mass is 424 g/mol. The molecule has 2 aliphatic heterocycles. The van der Waals surface area contributed by atoms with Crippen molar-refractivity contribution in [3.8, 4) is 0 Å². The summed E-state index contributed by atoms with van der Waals surface area (Å²) in [4.78, 5) is 54.3. The molecule has 0 saturated carbocycles. The molecule has 0 aromatic heterocycles. The van der Waals surface area contributed by atoms with Gasteiger partial charge in [-0.05, 0) is 27.7 Å². The first kappa shape index (κ1) is 23.2.